The third-order valence-corrected chi connectivity index (χ3v) is 21.9. The maximum Gasteiger partial charge on any atom is 0.0918 e. The van der Waals surface area contributed by atoms with E-state index in [-0.39, 0.29) is 47.1 Å². The smallest absolute Gasteiger partial charge is 0.0918 e. The van der Waals surface area contributed by atoms with Crippen LogP contribution in [-0.2, 0) is 71.1 Å². The van der Waals surface area contributed by atoms with Crippen molar-refractivity contribution in [2.45, 2.75) is 99.2 Å². The van der Waals surface area contributed by atoms with Gasteiger partial charge < -0.3 is 18.9 Å². The van der Waals surface area contributed by atoms with Gasteiger partial charge in [0.15, 0.2) is 0 Å². The molecule has 2 aliphatic heterocycles. The molecule has 0 saturated carbocycles. The number of ether oxygens (including phenoxy) is 4. The lowest BCUT2D eigenvalue weighted by atomic mass is 9.98. The Morgan fingerprint density at radius 3 is 0.569 bits per heavy atom. The fourth-order valence-electron chi connectivity index (χ4n) is 11.3. The van der Waals surface area contributed by atoms with Gasteiger partial charge in [-0.25, -0.2) is 0 Å². The molecule has 0 bridgehead atoms. The van der Waals surface area contributed by atoms with Crippen LogP contribution in [0.1, 0.15) is 44.5 Å². The van der Waals surface area contributed by atoms with Crippen molar-refractivity contribution in [3.63, 3.8) is 0 Å². The van der Waals surface area contributed by atoms with Gasteiger partial charge in [-0.05, 0) is 82.5 Å². The molecule has 10 rings (SSSR count). The molecule has 2 aliphatic rings. The second kappa shape index (κ2) is 25.9. The monoisotopic (exact) mass is 986 g/mol. The summed E-state index contributed by atoms with van der Waals surface area (Å²) in [6.07, 6.45) is 5.70. The molecule has 8 aromatic rings. The summed E-state index contributed by atoms with van der Waals surface area (Å²) in [5.41, 5.74) is 11.4. The van der Waals surface area contributed by atoms with Gasteiger partial charge in [0.25, 0.3) is 0 Å². The van der Waals surface area contributed by atoms with E-state index in [0.717, 1.165) is 38.0 Å². The Morgan fingerprint density at radius 1 is 0.222 bits per heavy atom. The maximum absolute atomic E-state index is 7.38. The van der Waals surface area contributed by atoms with E-state index < -0.39 is 15.8 Å². The molecule has 2 heterocycles. The van der Waals surface area contributed by atoms with E-state index in [1.165, 1.54) is 44.5 Å². The van der Waals surface area contributed by atoms with E-state index >= 15 is 0 Å². The van der Waals surface area contributed by atoms with Gasteiger partial charge in [0.1, 0.15) is 0 Å². The zero-order valence-electron chi connectivity index (χ0n) is 41.3. The largest absolute Gasteiger partial charge is 0.370 e. The van der Waals surface area contributed by atoms with Crippen LogP contribution in [0.2, 0.25) is 0 Å². The SMILES string of the molecule is c1ccc(CO[C@@H]2[C@@H](OCc3ccccc3)[C@@H](Cc3ccccc3)P(CCP3[C@H](Cc4ccccc4)[C@H](OCc4ccccc4)[C@@H](OCc4ccccc4)[C@H]3Cc3ccccc3)[C@@H]2Cc2ccccc2)cc1. The summed E-state index contributed by atoms with van der Waals surface area (Å²) in [5, 5.41) is 0. The van der Waals surface area contributed by atoms with E-state index in [9.17, 15) is 0 Å². The first-order valence-electron chi connectivity index (χ1n) is 26.0. The Bertz CT molecular complexity index is 2370. The number of benzene rings is 8. The Morgan fingerprint density at radius 2 is 0.389 bits per heavy atom. The van der Waals surface area contributed by atoms with Crippen molar-refractivity contribution in [1.82, 2.24) is 0 Å². The quantitative estimate of drug-likeness (QED) is 0.0599. The molecule has 2 fully saturated rings. The minimum absolute atomic E-state index is 0.0885. The van der Waals surface area contributed by atoms with Crippen molar-refractivity contribution < 1.29 is 18.9 Å². The van der Waals surface area contributed by atoms with Gasteiger partial charge in [0.2, 0.25) is 0 Å². The standard InChI is InChI=1S/C66H68O4P2/c1-9-25-51(26-10-1)43-59-63(67-47-55-33-17-5-18-34-55)64(68-48-56-35-19-6-20-36-56)60(44-52-27-11-2-12-28-52)71(59)41-42-72-61(45-53-29-13-3-14-30-53)65(69-49-57-37-21-7-22-38-57)66(70-50-58-39-23-8-24-40-58)62(72)46-54-31-15-4-16-32-54/h1-40,59-66H,41-50H2/t59-,60-,61-,62-,63+,64+,65+,66+/m1/s1. The van der Waals surface area contributed by atoms with Crippen LogP contribution in [-0.4, -0.2) is 59.4 Å². The highest BCUT2D eigenvalue weighted by atomic mass is 31.1. The molecular formula is C66H68O4P2. The third-order valence-electron chi connectivity index (χ3n) is 14.8. The summed E-state index contributed by atoms with van der Waals surface area (Å²) in [4.78, 5) is 0. The van der Waals surface area contributed by atoms with Crippen molar-refractivity contribution in [1.29, 1.82) is 0 Å². The van der Waals surface area contributed by atoms with Gasteiger partial charge in [-0.1, -0.05) is 258 Å². The second-order valence-electron chi connectivity index (χ2n) is 19.5. The highest BCUT2D eigenvalue weighted by Crippen LogP contribution is 2.65. The Kier molecular flexibility index (Phi) is 18.0. The molecule has 0 unspecified atom stereocenters. The Balaban J connectivity index is 1.06. The first-order valence-corrected chi connectivity index (χ1v) is 29.3. The van der Waals surface area contributed by atoms with Crippen molar-refractivity contribution in [2.24, 2.45) is 0 Å². The summed E-state index contributed by atoms with van der Waals surface area (Å²) >= 11 is 0. The molecule has 0 aromatic heterocycles. The van der Waals surface area contributed by atoms with Gasteiger partial charge >= 0.3 is 0 Å². The summed E-state index contributed by atoms with van der Waals surface area (Å²) in [5.74, 6) is 0. The van der Waals surface area contributed by atoms with Crippen LogP contribution in [0.5, 0.6) is 0 Å². The first kappa shape index (κ1) is 50.0. The third kappa shape index (κ3) is 13.3. The van der Waals surface area contributed by atoms with Gasteiger partial charge in [-0.15, -0.1) is 0 Å². The van der Waals surface area contributed by atoms with E-state index in [1.807, 2.05) is 0 Å². The molecule has 8 atom stereocenters. The fourth-order valence-corrected chi connectivity index (χ4v) is 19.7. The van der Waals surface area contributed by atoms with E-state index in [4.69, 9.17) is 18.9 Å². The molecule has 4 nitrogen and oxygen atoms in total. The summed E-state index contributed by atoms with van der Waals surface area (Å²) < 4.78 is 29.5. The number of rotatable bonds is 23. The van der Waals surface area contributed by atoms with Crippen molar-refractivity contribution >= 4 is 15.8 Å². The lowest BCUT2D eigenvalue weighted by molar-refractivity contribution is -0.0786. The highest BCUT2D eigenvalue weighted by molar-refractivity contribution is 7.63. The van der Waals surface area contributed by atoms with Crippen molar-refractivity contribution in [2.75, 3.05) is 12.3 Å². The molecule has 8 aromatic carbocycles. The molecule has 0 spiro atoms. The molecule has 0 N–H and O–H groups in total. The highest BCUT2D eigenvalue weighted by Gasteiger charge is 2.54. The van der Waals surface area contributed by atoms with Crippen LogP contribution < -0.4 is 0 Å². The molecule has 72 heavy (non-hydrogen) atoms. The number of hydrogen-bond donors (Lipinski definition) is 0. The minimum atomic E-state index is -0.664. The van der Waals surface area contributed by atoms with Gasteiger partial charge in [0, 0.05) is 22.6 Å². The van der Waals surface area contributed by atoms with Crippen LogP contribution in [0.4, 0.5) is 0 Å². The topological polar surface area (TPSA) is 36.9 Å². The number of hydrogen-bond acceptors (Lipinski definition) is 4. The normalized spacial score (nSPS) is 23.8. The predicted octanol–water partition coefficient (Wildman–Crippen LogP) is 14.8. The van der Waals surface area contributed by atoms with Gasteiger partial charge in [0.05, 0.1) is 50.8 Å². The van der Waals surface area contributed by atoms with E-state index in [2.05, 4.69) is 243 Å². The average molecular weight is 987 g/mol. The van der Waals surface area contributed by atoms with Gasteiger partial charge in [-0.3, -0.25) is 0 Å². The van der Waals surface area contributed by atoms with Crippen LogP contribution in [0.15, 0.2) is 243 Å². The molecule has 366 valence electrons. The average Bonchev–Trinajstić information content (AvgIpc) is 3.86. The Hall–Kier alpha value is -5.54. The Labute approximate surface area is 431 Å². The molecule has 0 radical (unpaired) electrons. The summed E-state index contributed by atoms with van der Waals surface area (Å²) in [7, 11) is -1.33. The molecule has 2 saturated heterocycles. The second-order valence-corrected chi connectivity index (χ2v) is 25.2. The first-order chi connectivity index (χ1) is 35.7. The molecular weight excluding hydrogens is 919 g/mol. The maximum atomic E-state index is 7.38. The van der Waals surface area contributed by atoms with Crippen LogP contribution in [0.3, 0.4) is 0 Å². The summed E-state index contributed by atoms with van der Waals surface area (Å²) in [6, 6.07) is 87.7. The zero-order valence-corrected chi connectivity index (χ0v) is 43.1. The van der Waals surface area contributed by atoms with Gasteiger partial charge in [-0.2, -0.15) is 0 Å². The van der Waals surface area contributed by atoms with Crippen molar-refractivity contribution in [3.8, 4) is 0 Å². The van der Waals surface area contributed by atoms with Crippen molar-refractivity contribution in [3.05, 3.63) is 287 Å². The molecule has 6 heteroatoms. The summed E-state index contributed by atoms with van der Waals surface area (Å²) in [6.45, 7) is 2.20. The predicted molar refractivity (Wildman–Crippen MR) is 299 cm³/mol. The molecule has 0 aliphatic carbocycles. The van der Waals surface area contributed by atoms with E-state index in [1.54, 1.807) is 0 Å². The fraction of sp³-hybridized carbons (Fsp3) is 0.273. The lowest BCUT2D eigenvalue weighted by Crippen LogP contribution is -2.38. The van der Waals surface area contributed by atoms with Crippen LogP contribution in [0.25, 0.3) is 0 Å². The minimum Gasteiger partial charge on any atom is -0.370 e. The molecule has 0 amide bonds. The zero-order chi connectivity index (χ0) is 48.6. The van der Waals surface area contributed by atoms with Crippen LogP contribution >= 0.6 is 15.8 Å². The van der Waals surface area contributed by atoms with E-state index in [0.29, 0.717) is 26.4 Å². The lowest BCUT2D eigenvalue weighted by Gasteiger charge is -2.32. The van der Waals surface area contributed by atoms with Crippen LogP contribution in [0, 0.1) is 0 Å².